The smallest absolute Gasteiger partial charge is 0.360 e. The molecule has 0 atom stereocenters. The van der Waals surface area contributed by atoms with Gasteiger partial charge in [-0.1, -0.05) is 48.0 Å². The van der Waals surface area contributed by atoms with Gasteiger partial charge in [-0.15, -0.1) is 0 Å². The topological polar surface area (TPSA) is 49.9 Å². The second kappa shape index (κ2) is 6.63. The molecule has 2 aromatic carbocycles. The molecule has 3 nitrogen and oxygen atoms in total. The van der Waals surface area contributed by atoms with Gasteiger partial charge in [0.25, 0.3) is 5.78 Å². The van der Waals surface area contributed by atoms with Crippen molar-refractivity contribution in [2.45, 2.75) is 13.1 Å². The monoisotopic (exact) mass is 357 g/mol. The Morgan fingerprint density at radius 2 is 1.73 bits per heavy atom. The summed E-state index contributed by atoms with van der Waals surface area (Å²) >= 11 is 0. The van der Waals surface area contributed by atoms with E-state index in [1.807, 2.05) is 19.1 Å². The normalized spacial score (nSPS) is 12.0. The third kappa shape index (κ3) is 3.44. The predicted molar refractivity (Wildman–Crippen MR) is 93.2 cm³/mol. The minimum atomic E-state index is -4.94. The lowest BCUT2D eigenvalue weighted by molar-refractivity contribution is -0.0884. The summed E-state index contributed by atoms with van der Waals surface area (Å²) in [7, 11) is 0. The number of H-pyrrole nitrogens is 1. The van der Waals surface area contributed by atoms with Crippen LogP contribution in [0.25, 0.3) is 17.0 Å². The Hall–Kier alpha value is -3.15. The maximum Gasteiger partial charge on any atom is 0.454 e. The summed E-state index contributed by atoms with van der Waals surface area (Å²) in [5.41, 5.74) is 1.99. The highest BCUT2D eigenvalue weighted by molar-refractivity contribution is 6.12. The summed E-state index contributed by atoms with van der Waals surface area (Å²) in [6.45, 7) is 1.91. The van der Waals surface area contributed by atoms with Crippen LogP contribution in [-0.4, -0.2) is 22.7 Å². The third-order valence-corrected chi connectivity index (χ3v) is 4.00. The van der Waals surface area contributed by atoms with Crippen molar-refractivity contribution in [3.8, 4) is 0 Å². The highest BCUT2D eigenvalue weighted by atomic mass is 19.4. The Morgan fingerprint density at radius 1 is 1.04 bits per heavy atom. The number of Topliss-reactive ketones (excluding diaryl/α,β-unsaturated/α-hetero) is 1. The molecule has 0 saturated heterocycles. The van der Waals surface area contributed by atoms with E-state index in [9.17, 15) is 22.8 Å². The first-order valence-corrected chi connectivity index (χ1v) is 7.78. The number of halogens is 3. The predicted octanol–water partition coefficient (Wildman–Crippen LogP) is 5.12. The van der Waals surface area contributed by atoms with Crippen molar-refractivity contribution in [2.75, 3.05) is 0 Å². The summed E-state index contributed by atoms with van der Waals surface area (Å²) in [4.78, 5) is 26.4. The number of aryl methyl sites for hydroxylation is 1. The molecule has 0 radical (unpaired) electrons. The minimum Gasteiger partial charge on any atom is -0.360 e. The molecule has 0 aliphatic carbocycles. The molecule has 0 bridgehead atoms. The van der Waals surface area contributed by atoms with Crippen LogP contribution in [0, 0.1) is 6.92 Å². The molecular weight excluding hydrogens is 343 g/mol. The first-order chi connectivity index (χ1) is 12.3. The molecule has 1 N–H and O–H groups in total. The van der Waals surface area contributed by atoms with Crippen LogP contribution < -0.4 is 0 Å². The number of allylic oxidation sites excluding steroid dienone is 1. The lowest BCUT2D eigenvalue weighted by Gasteiger charge is -2.04. The van der Waals surface area contributed by atoms with Gasteiger partial charge in [-0.25, -0.2) is 0 Å². The van der Waals surface area contributed by atoms with E-state index in [0.29, 0.717) is 16.6 Å². The summed E-state index contributed by atoms with van der Waals surface area (Å²) in [5.74, 6) is -2.12. The third-order valence-electron chi connectivity index (χ3n) is 4.00. The number of ketones is 2. The number of hydrogen-bond donors (Lipinski definition) is 1. The average molecular weight is 357 g/mol. The zero-order chi connectivity index (χ0) is 18.9. The number of alkyl halides is 3. The molecule has 26 heavy (non-hydrogen) atoms. The summed E-state index contributed by atoms with van der Waals surface area (Å²) < 4.78 is 38.1. The Morgan fingerprint density at radius 3 is 2.38 bits per heavy atom. The van der Waals surface area contributed by atoms with Crippen molar-refractivity contribution in [3.63, 3.8) is 0 Å². The maximum atomic E-state index is 12.7. The van der Waals surface area contributed by atoms with Crippen LogP contribution in [0.3, 0.4) is 0 Å². The van der Waals surface area contributed by atoms with Gasteiger partial charge in [0.1, 0.15) is 0 Å². The van der Waals surface area contributed by atoms with E-state index < -0.39 is 17.5 Å². The number of fused-ring (bicyclic) bond motifs is 1. The molecule has 1 heterocycles. The summed E-state index contributed by atoms with van der Waals surface area (Å²) in [5, 5.41) is 0.164. The van der Waals surface area contributed by atoms with E-state index in [1.165, 1.54) is 18.2 Å². The Balaban J connectivity index is 1.94. The van der Waals surface area contributed by atoms with Gasteiger partial charge >= 0.3 is 6.18 Å². The second-order valence-corrected chi connectivity index (χ2v) is 5.86. The van der Waals surface area contributed by atoms with Crippen LogP contribution in [0.5, 0.6) is 0 Å². The number of carbonyl (C=O) groups excluding carboxylic acids is 2. The van der Waals surface area contributed by atoms with E-state index >= 15 is 0 Å². The molecule has 3 aromatic rings. The lowest BCUT2D eigenvalue weighted by Crippen LogP contribution is -2.22. The van der Waals surface area contributed by atoms with Crippen molar-refractivity contribution in [1.82, 2.24) is 4.98 Å². The number of benzene rings is 2. The fourth-order valence-corrected chi connectivity index (χ4v) is 2.64. The lowest BCUT2D eigenvalue weighted by atomic mass is 10.0. The number of nitrogens with one attached hydrogen (secondary N) is 1. The number of aromatic nitrogens is 1. The second-order valence-electron chi connectivity index (χ2n) is 5.86. The van der Waals surface area contributed by atoms with Gasteiger partial charge in [-0.3, -0.25) is 9.59 Å². The number of carbonyl (C=O) groups is 2. The van der Waals surface area contributed by atoms with Crippen molar-refractivity contribution < 1.29 is 22.8 Å². The molecule has 3 rings (SSSR count). The van der Waals surface area contributed by atoms with E-state index in [2.05, 4.69) is 4.98 Å². The zero-order valence-electron chi connectivity index (χ0n) is 13.7. The molecule has 0 aliphatic heterocycles. The van der Waals surface area contributed by atoms with Gasteiger partial charge < -0.3 is 4.98 Å². The Bertz CT molecular complexity index is 1010. The van der Waals surface area contributed by atoms with Gasteiger partial charge in [-0.05, 0) is 24.6 Å². The molecule has 132 valence electrons. The highest BCUT2D eigenvalue weighted by Crippen LogP contribution is 2.28. The van der Waals surface area contributed by atoms with Gasteiger partial charge in [0.15, 0.2) is 5.78 Å². The summed E-state index contributed by atoms with van der Waals surface area (Å²) in [6.07, 6.45) is -1.03. The van der Waals surface area contributed by atoms with Crippen molar-refractivity contribution in [1.29, 1.82) is 0 Å². The van der Waals surface area contributed by atoms with Crippen LogP contribution in [0.15, 0.2) is 54.7 Å². The molecule has 1 aromatic heterocycles. The van der Waals surface area contributed by atoms with E-state index in [1.54, 1.807) is 24.3 Å². The number of para-hydroxylation sites is 1. The maximum absolute atomic E-state index is 12.7. The first-order valence-electron chi connectivity index (χ1n) is 7.78. The molecule has 0 aliphatic rings. The van der Waals surface area contributed by atoms with Crippen molar-refractivity contribution >= 4 is 28.5 Å². The average Bonchev–Trinajstić information content (AvgIpc) is 3.03. The highest BCUT2D eigenvalue weighted by Gasteiger charge is 2.40. The van der Waals surface area contributed by atoms with Gasteiger partial charge in [0.2, 0.25) is 0 Å². The molecule has 0 saturated carbocycles. The van der Waals surface area contributed by atoms with Crippen LogP contribution in [0.1, 0.15) is 31.8 Å². The first kappa shape index (κ1) is 17.7. The van der Waals surface area contributed by atoms with Gasteiger partial charge in [0.05, 0.1) is 11.1 Å². The number of aromatic amines is 1. The van der Waals surface area contributed by atoms with Crippen LogP contribution in [0.2, 0.25) is 0 Å². The molecule has 0 fully saturated rings. The standard InChI is InChI=1S/C20H14F3NO2/c1-12-5-7-13(8-6-12)17(25)10-9-14-3-2-4-15-16(11-24-18(14)15)19(26)20(21,22)23/h2-11,24H,1H3/b10-9+. The Labute approximate surface area is 147 Å². The van der Waals surface area contributed by atoms with Crippen LogP contribution in [-0.2, 0) is 0 Å². The molecule has 6 heteroatoms. The van der Waals surface area contributed by atoms with Crippen molar-refractivity contribution in [3.05, 3.63) is 77.0 Å². The van der Waals surface area contributed by atoms with E-state index in [0.717, 1.165) is 11.8 Å². The van der Waals surface area contributed by atoms with Crippen LogP contribution in [0.4, 0.5) is 13.2 Å². The van der Waals surface area contributed by atoms with Gasteiger partial charge in [0, 0.05) is 17.1 Å². The van der Waals surface area contributed by atoms with E-state index in [4.69, 9.17) is 0 Å². The minimum absolute atomic E-state index is 0.164. The SMILES string of the molecule is Cc1ccc(C(=O)/C=C/c2cccc3c(C(=O)C(F)(F)F)c[nH]c23)cc1. The Kier molecular flexibility index (Phi) is 4.50. The number of rotatable bonds is 4. The molecule has 0 spiro atoms. The summed E-state index contributed by atoms with van der Waals surface area (Å²) in [6, 6.07) is 11.7. The largest absolute Gasteiger partial charge is 0.454 e. The quantitative estimate of drug-likeness (QED) is 0.521. The van der Waals surface area contributed by atoms with Crippen molar-refractivity contribution in [2.24, 2.45) is 0 Å². The van der Waals surface area contributed by atoms with Crippen LogP contribution >= 0.6 is 0 Å². The fourth-order valence-electron chi connectivity index (χ4n) is 2.64. The zero-order valence-corrected chi connectivity index (χ0v) is 13.7. The fraction of sp³-hybridized carbons (Fsp3) is 0.100. The van der Waals surface area contributed by atoms with Gasteiger partial charge in [-0.2, -0.15) is 13.2 Å². The molecule has 0 amide bonds. The number of hydrogen-bond acceptors (Lipinski definition) is 2. The van der Waals surface area contributed by atoms with E-state index in [-0.39, 0.29) is 11.2 Å². The molecular formula is C20H14F3NO2. The molecule has 0 unspecified atom stereocenters.